The number of nitrogens with two attached hydrogens (primary N) is 1. The van der Waals surface area contributed by atoms with Gasteiger partial charge in [-0.2, -0.15) is 4.39 Å². The van der Waals surface area contributed by atoms with Crippen LogP contribution in [0.5, 0.6) is 0 Å². The Balaban J connectivity index is 0.00000136. The largest absolute Gasteiger partial charge is 0.451 e. The highest BCUT2D eigenvalue weighted by Crippen LogP contribution is 2.11. The summed E-state index contributed by atoms with van der Waals surface area (Å²) in [5, 5.41) is 0. The number of oxazole rings is 1. The van der Waals surface area contributed by atoms with Gasteiger partial charge in [0, 0.05) is 5.56 Å². The predicted octanol–water partition coefficient (Wildman–Crippen LogP) is 3.05. The molecule has 9 heteroatoms. The molecule has 0 atom stereocenters. The zero-order valence-corrected chi connectivity index (χ0v) is 15.3. The van der Waals surface area contributed by atoms with Gasteiger partial charge < -0.3 is 15.1 Å². The van der Waals surface area contributed by atoms with Gasteiger partial charge in [-0.15, -0.1) is 0 Å². The highest BCUT2D eigenvalue weighted by molar-refractivity contribution is 6.10. The summed E-state index contributed by atoms with van der Waals surface area (Å²) in [6.45, 7) is 4.03. The van der Waals surface area contributed by atoms with Crippen molar-refractivity contribution in [1.29, 1.82) is 0 Å². The van der Waals surface area contributed by atoms with E-state index in [9.17, 15) is 13.6 Å². The van der Waals surface area contributed by atoms with E-state index in [0.29, 0.717) is 11.3 Å². The lowest BCUT2D eigenvalue weighted by molar-refractivity contribution is 0.557. The molecule has 28 heavy (non-hydrogen) atoms. The first-order valence-corrected chi connectivity index (χ1v) is 8.43. The van der Waals surface area contributed by atoms with Crippen LogP contribution in [-0.4, -0.2) is 20.7 Å². The fourth-order valence-electron chi connectivity index (χ4n) is 2.08. The summed E-state index contributed by atoms with van der Waals surface area (Å²) in [7, 11) is 0. The fourth-order valence-corrected chi connectivity index (χ4v) is 2.08. The molecule has 0 bridgehead atoms. The molecule has 0 saturated carbocycles. The number of hydrogen-bond acceptors (Lipinski definition) is 6. The Morgan fingerprint density at radius 1 is 1.25 bits per heavy atom. The molecule has 0 amide bonds. The van der Waals surface area contributed by atoms with Crippen LogP contribution in [0.2, 0.25) is 0 Å². The van der Waals surface area contributed by atoms with Crippen molar-refractivity contribution in [2.75, 3.05) is 0 Å². The smallest absolute Gasteiger partial charge is 0.287 e. The number of halogens is 2. The third-order valence-corrected chi connectivity index (χ3v) is 3.39. The van der Waals surface area contributed by atoms with Crippen LogP contribution in [0.15, 0.2) is 63.4 Å². The third-order valence-electron chi connectivity index (χ3n) is 3.39. The van der Waals surface area contributed by atoms with Crippen LogP contribution in [-0.2, 0) is 6.54 Å². The quantitative estimate of drug-likeness (QED) is 0.654. The normalized spacial score (nSPS) is 11.7. The Morgan fingerprint density at radius 3 is 2.64 bits per heavy atom. The molecule has 1 aromatic carbocycles. The van der Waals surface area contributed by atoms with Gasteiger partial charge in [0.2, 0.25) is 5.82 Å². The summed E-state index contributed by atoms with van der Waals surface area (Å²) in [4.78, 5) is 25.6. The lowest BCUT2D eigenvalue weighted by Crippen LogP contribution is -2.17. The number of H-pyrrole nitrogens is 1. The number of aromatic nitrogens is 3. The minimum Gasteiger partial charge on any atom is -0.451 e. The van der Waals surface area contributed by atoms with Gasteiger partial charge in [0.15, 0.2) is 12.2 Å². The molecule has 0 radical (unpaired) electrons. The zero-order chi connectivity index (χ0) is 20.5. The second-order valence-corrected chi connectivity index (χ2v) is 5.18. The van der Waals surface area contributed by atoms with Crippen LogP contribution in [0.1, 0.15) is 30.9 Å². The molecule has 2 heterocycles. The van der Waals surface area contributed by atoms with Crippen LogP contribution in [0.25, 0.3) is 5.70 Å². The average molecular weight is 387 g/mol. The van der Waals surface area contributed by atoms with Crippen LogP contribution < -0.4 is 11.3 Å². The number of aromatic amines is 1. The van der Waals surface area contributed by atoms with Crippen LogP contribution in [0, 0.1) is 11.6 Å². The van der Waals surface area contributed by atoms with Gasteiger partial charge in [0.25, 0.3) is 5.56 Å². The standard InChI is InChI=1S/C17H13F2N5O2.C2H6/c18-11-4-2-1-3-10(11)6-21-14(15-8-26-9-23-15)5-13(20)16-22-7-12(19)17(25)24-16;1-2/h1-5,7-9H,6,20H2,(H,22,24,25);1-2H3/b13-5-,21-14?;. The number of nitrogens with one attached hydrogen (secondary N) is 1. The molecule has 3 rings (SSSR count). The van der Waals surface area contributed by atoms with E-state index < -0.39 is 17.2 Å². The van der Waals surface area contributed by atoms with Crippen molar-refractivity contribution in [1.82, 2.24) is 15.0 Å². The van der Waals surface area contributed by atoms with E-state index in [0.717, 1.165) is 6.20 Å². The van der Waals surface area contributed by atoms with E-state index in [1.54, 1.807) is 18.2 Å². The maximum Gasteiger partial charge on any atom is 0.287 e. The zero-order valence-electron chi connectivity index (χ0n) is 15.3. The first kappa shape index (κ1) is 20.7. The van der Waals surface area contributed by atoms with Crippen molar-refractivity contribution in [3.05, 3.63) is 88.3 Å². The maximum atomic E-state index is 13.8. The van der Waals surface area contributed by atoms with Gasteiger partial charge in [-0.3, -0.25) is 9.79 Å². The summed E-state index contributed by atoms with van der Waals surface area (Å²) in [5.74, 6) is -1.44. The van der Waals surface area contributed by atoms with Crippen molar-refractivity contribution in [3.63, 3.8) is 0 Å². The molecule has 0 aliphatic heterocycles. The van der Waals surface area contributed by atoms with Gasteiger partial charge in [-0.25, -0.2) is 14.4 Å². The molecule has 7 nitrogen and oxygen atoms in total. The van der Waals surface area contributed by atoms with E-state index in [-0.39, 0.29) is 23.8 Å². The molecule has 146 valence electrons. The Kier molecular flexibility index (Phi) is 7.32. The van der Waals surface area contributed by atoms with E-state index in [1.807, 2.05) is 13.8 Å². The first-order valence-electron chi connectivity index (χ1n) is 8.43. The second-order valence-electron chi connectivity index (χ2n) is 5.18. The molecular formula is C19H19F2N5O2. The summed E-state index contributed by atoms with van der Waals surface area (Å²) in [6, 6.07) is 6.21. The molecule has 0 aliphatic carbocycles. The van der Waals surface area contributed by atoms with E-state index in [1.165, 1.54) is 24.8 Å². The molecule has 0 unspecified atom stereocenters. The SMILES string of the molecule is CC.N/C(=C\C(=NCc1ccccc1F)c1cocn1)c1ncc(F)c(=O)[nH]1. The molecule has 3 aromatic rings. The molecule has 3 N–H and O–H groups in total. The Labute approximate surface area is 159 Å². The number of aliphatic imine (C=N–C) groups is 1. The summed E-state index contributed by atoms with van der Waals surface area (Å²) in [6.07, 6.45) is 4.69. The summed E-state index contributed by atoms with van der Waals surface area (Å²) in [5.41, 5.74) is 6.01. The van der Waals surface area contributed by atoms with Crippen molar-refractivity contribution >= 4 is 11.4 Å². The number of nitrogens with zero attached hydrogens (tertiary/aromatic N) is 3. The van der Waals surface area contributed by atoms with Crippen molar-refractivity contribution < 1.29 is 13.2 Å². The van der Waals surface area contributed by atoms with E-state index >= 15 is 0 Å². The minimum absolute atomic E-state index is 0.0254. The molecular weight excluding hydrogens is 368 g/mol. The van der Waals surface area contributed by atoms with E-state index in [4.69, 9.17) is 10.2 Å². The van der Waals surface area contributed by atoms with Gasteiger partial charge in [-0.1, -0.05) is 32.0 Å². The highest BCUT2D eigenvalue weighted by atomic mass is 19.1. The third kappa shape index (κ3) is 5.19. The van der Waals surface area contributed by atoms with E-state index in [2.05, 4.69) is 19.9 Å². The Hall–Kier alpha value is -3.62. The minimum atomic E-state index is -1.02. The lowest BCUT2D eigenvalue weighted by Gasteiger charge is -2.04. The predicted molar refractivity (Wildman–Crippen MR) is 101 cm³/mol. The number of hydrogen-bond donors (Lipinski definition) is 2. The lowest BCUT2D eigenvalue weighted by atomic mass is 10.2. The van der Waals surface area contributed by atoms with Gasteiger partial charge >= 0.3 is 0 Å². The topological polar surface area (TPSA) is 110 Å². The van der Waals surface area contributed by atoms with Crippen molar-refractivity contribution in [2.24, 2.45) is 10.7 Å². The monoisotopic (exact) mass is 387 g/mol. The Bertz CT molecular complexity index is 1030. The van der Waals surface area contributed by atoms with Gasteiger partial charge in [0.05, 0.1) is 24.2 Å². The highest BCUT2D eigenvalue weighted by Gasteiger charge is 2.10. The molecule has 2 aromatic heterocycles. The van der Waals surface area contributed by atoms with Crippen LogP contribution in [0.3, 0.4) is 0 Å². The molecule has 0 spiro atoms. The van der Waals surface area contributed by atoms with Crippen LogP contribution in [0.4, 0.5) is 8.78 Å². The molecule has 0 saturated heterocycles. The van der Waals surface area contributed by atoms with Gasteiger partial charge in [0.1, 0.15) is 17.8 Å². The number of allylic oxidation sites excluding steroid dienone is 1. The van der Waals surface area contributed by atoms with Gasteiger partial charge in [-0.05, 0) is 12.1 Å². The van der Waals surface area contributed by atoms with Crippen molar-refractivity contribution in [3.8, 4) is 0 Å². The number of rotatable bonds is 5. The summed E-state index contributed by atoms with van der Waals surface area (Å²) >= 11 is 0. The average Bonchev–Trinajstić information content (AvgIpc) is 3.24. The second kappa shape index (κ2) is 9.91. The fraction of sp³-hybridized carbons (Fsp3) is 0.158. The van der Waals surface area contributed by atoms with Crippen LogP contribution >= 0.6 is 0 Å². The first-order chi connectivity index (χ1) is 13.5. The molecule has 0 fully saturated rings. The van der Waals surface area contributed by atoms with Crippen molar-refractivity contribution in [2.45, 2.75) is 20.4 Å². The molecule has 0 aliphatic rings. The summed E-state index contributed by atoms with van der Waals surface area (Å²) < 4.78 is 31.7. The number of benzene rings is 1. The maximum absolute atomic E-state index is 13.8. The Morgan fingerprint density at radius 2 is 2.00 bits per heavy atom.